The molecule has 146 valence electrons. The fourth-order valence-electron chi connectivity index (χ4n) is 3.81. The molecule has 0 aromatic heterocycles. The molecule has 3 rings (SSSR count). The SMILES string of the molecule is COc1cccc(C2(C)NC(=O)N(CC(=O)NC3CCCCCC3)C2=O)c1. The van der Waals surface area contributed by atoms with Gasteiger partial charge in [-0.05, 0) is 37.5 Å². The van der Waals surface area contributed by atoms with Crippen molar-refractivity contribution >= 4 is 17.8 Å². The van der Waals surface area contributed by atoms with Crippen LogP contribution in [0.2, 0.25) is 0 Å². The number of imide groups is 1. The highest BCUT2D eigenvalue weighted by Crippen LogP contribution is 2.30. The van der Waals surface area contributed by atoms with E-state index in [-0.39, 0.29) is 18.5 Å². The summed E-state index contributed by atoms with van der Waals surface area (Å²) in [5, 5.41) is 5.70. The Bertz CT molecular complexity index is 728. The van der Waals surface area contributed by atoms with Crippen molar-refractivity contribution in [3.8, 4) is 5.75 Å². The van der Waals surface area contributed by atoms with Gasteiger partial charge in [0.05, 0.1) is 7.11 Å². The predicted octanol–water partition coefficient (Wildman–Crippen LogP) is 2.30. The Labute approximate surface area is 159 Å². The lowest BCUT2D eigenvalue weighted by molar-refractivity contribution is -0.135. The van der Waals surface area contributed by atoms with Crippen LogP contribution in [0.5, 0.6) is 5.75 Å². The second-order valence-electron chi connectivity index (χ2n) is 7.43. The Kier molecular flexibility index (Phi) is 5.68. The van der Waals surface area contributed by atoms with Crippen LogP contribution in [0.1, 0.15) is 51.0 Å². The molecule has 27 heavy (non-hydrogen) atoms. The van der Waals surface area contributed by atoms with Crippen LogP contribution in [-0.2, 0) is 15.1 Å². The Hall–Kier alpha value is -2.57. The maximum atomic E-state index is 12.9. The van der Waals surface area contributed by atoms with Crippen molar-refractivity contribution in [3.63, 3.8) is 0 Å². The second-order valence-corrected chi connectivity index (χ2v) is 7.43. The van der Waals surface area contributed by atoms with Gasteiger partial charge < -0.3 is 15.4 Å². The van der Waals surface area contributed by atoms with Crippen molar-refractivity contribution in [3.05, 3.63) is 29.8 Å². The number of nitrogens with one attached hydrogen (secondary N) is 2. The van der Waals surface area contributed by atoms with Crippen molar-refractivity contribution in [2.24, 2.45) is 0 Å². The number of hydrogen-bond acceptors (Lipinski definition) is 4. The monoisotopic (exact) mass is 373 g/mol. The minimum Gasteiger partial charge on any atom is -0.497 e. The van der Waals surface area contributed by atoms with Crippen LogP contribution in [0, 0.1) is 0 Å². The predicted molar refractivity (Wildman–Crippen MR) is 100 cm³/mol. The molecule has 1 aliphatic heterocycles. The third-order valence-corrected chi connectivity index (χ3v) is 5.44. The number of amides is 4. The molecule has 7 heteroatoms. The zero-order valence-corrected chi connectivity index (χ0v) is 15.9. The van der Waals surface area contributed by atoms with Gasteiger partial charge in [0.25, 0.3) is 5.91 Å². The summed E-state index contributed by atoms with van der Waals surface area (Å²) < 4.78 is 5.21. The number of benzene rings is 1. The first-order chi connectivity index (χ1) is 12.9. The summed E-state index contributed by atoms with van der Waals surface area (Å²) in [5.74, 6) is -0.127. The van der Waals surface area contributed by atoms with E-state index in [1.165, 1.54) is 12.8 Å². The third-order valence-electron chi connectivity index (χ3n) is 5.44. The summed E-state index contributed by atoms with van der Waals surface area (Å²) in [5.41, 5.74) is -0.597. The highest BCUT2D eigenvalue weighted by molar-refractivity contribution is 6.09. The van der Waals surface area contributed by atoms with Gasteiger partial charge in [0.15, 0.2) is 0 Å². The van der Waals surface area contributed by atoms with E-state index in [9.17, 15) is 14.4 Å². The molecule has 1 saturated carbocycles. The topological polar surface area (TPSA) is 87.7 Å². The minimum absolute atomic E-state index is 0.130. The van der Waals surface area contributed by atoms with Gasteiger partial charge in [0.1, 0.15) is 17.8 Å². The Morgan fingerprint density at radius 2 is 1.96 bits per heavy atom. The molecule has 1 aliphatic carbocycles. The Balaban J connectivity index is 1.69. The Morgan fingerprint density at radius 1 is 1.26 bits per heavy atom. The molecule has 0 spiro atoms. The van der Waals surface area contributed by atoms with Crippen molar-refractivity contribution < 1.29 is 19.1 Å². The maximum absolute atomic E-state index is 12.9. The van der Waals surface area contributed by atoms with E-state index in [4.69, 9.17) is 4.74 Å². The number of carbonyl (C=O) groups is 3. The molecular weight excluding hydrogens is 346 g/mol. The molecule has 1 aromatic rings. The molecule has 0 bridgehead atoms. The minimum atomic E-state index is -1.21. The summed E-state index contributed by atoms with van der Waals surface area (Å²) >= 11 is 0. The zero-order valence-electron chi connectivity index (χ0n) is 15.9. The quantitative estimate of drug-likeness (QED) is 0.612. The molecule has 1 aromatic carbocycles. The van der Waals surface area contributed by atoms with Crippen LogP contribution in [-0.4, -0.2) is 42.4 Å². The van der Waals surface area contributed by atoms with Crippen molar-refractivity contribution in [2.45, 2.75) is 57.0 Å². The van der Waals surface area contributed by atoms with Gasteiger partial charge in [-0.3, -0.25) is 14.5 Å². The fraction of sp³-hybridized carbons (Fsp3) is 0.550. The molecule has 1 unspecified atom stereocenters. The number of nitrogens with zero attached hydrogens (tertiary/aromatic N) is 1. The number of ether oxygens (including phenoxy) is 1. The van der Waals surface area contributed by atoms with Gasteiger partial charge in [-0.25, -0.2) is 4.79 Å². The van der Waals surface area contributed by atoms with Gasteiger partial charge in [0, 0.05) is 6.04 Å². The summed E-state index contributed by atoms with van der Waals surface area (Å²) in [6, 6.07) is 6.59. The molecule has 1 heterocycles. The molecule has 7 nitrogen and oxygen atoms in total. The molecule has 2 fully saturated rings. The average Bonchev–Trinajstić information content (AvgIpc) is 2.85. The van der Waals surface area contributed by atoms with E-state index in [1.807, 2.05) is 0 Å². The van der Waals surface area contributed by atoms with E-state index < -0.39 is 17.5 Å². The standard InChI is InChI=1S/C20H27N3O4/c1-20(14-8-7-11-16(12-14)27-2)18(25)23(19(26)22-20)13-17(24)21-15-9-5-3-4-6-10-15/h7-8,11-12,15H,3-6,9-10,13H2,1-2H3,(H,21,24)(H,22,26). The molecule has 0 radical (unpaired) electrons. The molecule has 1 atom stereocenters. The van der Waals surface area contributed by atoms with E-state index in [0.717, 1.165) is 30.6 Å². The van der Waals surface area contributed by atoms with Gasteiger partial charge in [0.2, 0.25) is 5.91 Å². The van der Waals surface area contributed by atoms with Crippen LogP contribution in [0.15, 0.2) is 24.3 Å². The number of urea groups is 1. The fourth-order valence-corrected chi connectivity index (χ4v) is 3.81. The molecule has 4 amide bonds. The van der Waals surface area contributed by atoms with Crippen LogP contribution in [0.25, 0.3) is 0 Å². The first-order valence-corrected chi connectivity index (χ1v) is 9.52. The molecule has 2 N–H and O–H groups in total. The summed E-state index contributed by atoms with van der Waals surface area (Å²) in [6.07, 6.45) is 6.49. The van der Waals surface area contributed by atoms with E-state index in [0.29, 0.717) is 11.3 Å². The van der Waals surface area contributed by atoms with E-state index >= 15 is 0 Å². The first kappa shape index (κ1) is 19.2. The lowest BCUT2D eigenvalue weighted by Crippen LogP contribution is -2.45. The third kappa shape index (κ3) is 4.07. The van der Waals surface area contributed by atoms with Crippen LogP contribution < -0.4 is 15.4 Å². The van der Waals surface area contributed by atoms with Gasteiger partial charge in [-0.1, -0.05) is 37.8 Å². The maximum Gasteiger partial charge on any atom is 0.325 e. The largest absolute Gasteiger partial charge is 0.497 e. The molecular formula is C20H27N3O4. The van der Waals surface area contributed by atoms with Gasteiger partial charge in [-0.2, -0.15) is 0 Å². The average molecular weight is 373 g/mol. The van der Waals surface area contributed by atoms with Crippen molar-refractivity contribution in [1.29, 1.82) is 0 Å². The summed E-state index contributed by atoms with van der Waals surface area (Å²) in [6.45, 7) is 1.38. The van der Waals surface area contributed by atoms with Crippen LogP contribution in [0.4, 0.5) is 4.79 Å². The molecule has 1 saturated heterocycles. The van der Waals surface area contributed by atoms with Crippen LogP contribution in [0.3, 0.4) is 0 Å². The number of rotatable bonds is 5. The van der Waals surface area contributed by atoms with Crippen molar-refractivity contribution in [2.75, 3.05) is 13.7 Å². The highest BCUT2D eigenvalue weighted by atomic mass is 16.5. The highest BCUT2D eigenvalue weighted by Gasteiger charge is 2.49. The van der Waals surface area contributed by atoms with Crippen LogP contribution >= 0.6 is 0 Å². The Morgan fingerprint density at radius 3 is 2.63 bits per heavy atom. The smallest absolute Gasteiger partial charge is 0.325 e. The van der Waals surface area contributed by atoms with Gasteiger partial charge in [-0.15, -0.1) is 0 Å². The lowest BCUT2D eigenvalue weighted by atomic mass is 9.92. The first-order valence-electron chi connectivity index (χ1n) is 9.52. The van der Waals surface area contributed by atoms with Crippen molar-refractivity contribution in [1.82, 2.24) is 15.5 Å². The summed E-state index contributed by atoms with van der Waals surface area (Å²) in [7, 11) is 1.54. The van der Waals surface area contributed by atoms with E-state index in [1.54, 1.807) is 38.3 Å². The molecule has 2 aliphatic rings. The van der Waals surface area contributed by atoms with E-state index in [2.05, 4.69) is 10.6 Å². The number of methoxy groups -OCH3 is 1. The second kappa shape index (κ2) is 7.98. The normalized spacial score (nSPS) is 23.7. The summed E-state index contributed by atoms with van der Waals surface area (Å²) in [4.78, 5) is 38.7. The van der Waals surface area contributed by atoms with Gasteiger partial charge >= 0.3 is 6.03 Å². The number of hydrogen-bond donors (Lipinski definition) is 2. The number of carbonyl (C=O) groups excluding carboxylic acids is 3. The zero-order chi connectivity index (χ0) is 19.4. The lowest BCUT2D eigenvalue weighted by Gasteiger charge is -2.23.